The maximum atomic E-state index is 10.9. The zero-order valence-corrected chi connectivity index (χ0v) is 14.2. The summed E-state index contributed by atoms with van der Waals surface area (Å²) in [6.45, 7) is -0.482. The molecule has 1 saturated heterocycles. The number of aliphatic hydroxyl groups excluding tert-OH is 3. The molecule has 3 aromatic rings. The van der Waals surface area contributed by atoms with E-state index in [-0.39, 0.29) is 18.0 Å². The largest absolute Gasteiger partial charge is 0.508 e. The molecule has 6 N–H and O–H groups in total. The van der Waals surface area contributed by atoms with E-state index in [2.05, 4.69) is 15.0 Å². The van der Waals surface area contributed by atoms with E-state index in [9.17, 15) is 20.4 Å². The first-order chi connectivity index (χ1) is 13.0. The van der Waals surface area contributed by atoms with Crippen molar-refractivity contribution in [1.82, 2.24) is 19.5 Å². The number of nitrogens with zero attached hydrogens (tertiary/aromatic N) is 4. The van der Waals surface area contributed by atoms with Crippen molar-refractivity contribution in [1.29, 1.82) is 0 Å². The first-order valence-electron chi connectivity index (χ1n) is 8.33. The number of benzene rings is 1. The van der Waals surface area contributed by atoms with Crippen molar-refractivity contribution in [3.05, 3.63) is 42.5 Å². The molecule has 1 aliphatic heterocycles. The average molecular weight is 373 g/mol. The number of nitrogens with two attached hydrogens (primary N) is 1. The Morgan fingerprint density at radius 2 is 2.04 bits per heavy atom. The van der Waals surface area contributed by atoms with E-state index >= 15 is 0 Å². The summed E-state index contributed by atoms with van der Waals surface area (Å²) >= 11 is 0. The molecule has 0 spiro atoms. The normalized spacial score (nSPS) is 28.0. The fraction of sp³-hybridized carbons (Fsp3) is 0.353. The third-order valence-electron chi connectivity index (χ3n) is 4.84. The van der Waals surface area contributed by atoms with Gasteiger partial charge in [0.25, 0.3) is 0 Å². The van der Waals surface area contributed by atoms with Crippen molar-refractivity contribution < 1.29 is 25.2 Å². The third kappa shape index (κ3) is 2.70. The van der Waals surface area contributed by atoms with Gasteiger partial charge in [-0.3, -0.25) is 4.57 Å². The first-order valence-corrected chi connectivity index (χ1v) is 8.33. The minimum Gasteiger partial charge on any atom is -0.508 e. The predicted molar refractivity (Wildman–Crippen MR) is 93.5 cm³/mol. The lowest BCUT2D eigenvalue weighted by Crippen LogP contribution is -2.47. The molecule has 1 fully saturated rings. The van der Waals surface area contributed by atoms with Gasteiger partial charge in [-0.1, -0.05) is 12.1 Å². The molecule has 0 aliphatic carbocycles. The smallest absolute Gasteiger partial charge is 0.180 e. The molecule has 1 aliphatic rings. The number of hydrogen-bond donors (Lipinski definition) is 5. The molecule has 0 saturated carbocycles. The molecule has 10 heteroatoms. The summed E-state index contributed by atoms with van der Waals surface area (Å²) in [6, 6.07) is 6.46. The molecule has 27 heavy (non-hydrogen) atoms. The van der Waals surface area contributed by atoms with Crippen molar-refractivity contribution in [2.45, 2.75) is 30.5 Å². The lowest BCUT2D eigenvalue weighted by atomic mass is 9.94. The zero-order valence-electron chi connectivity index (χ0n) is 14.2. The Balaban J connectivity index is 1.89. The van der Waals surface area contributed by atoms with Crippen LogP contribution in [0.3, 0.4) is 0 Å². The molecule has 142 valence electrons. The van der Waals surface area contributed by atoms with Gasteiger partial charge >= 0.3 is 0 Å². The number of aliphatic hydroxyl groups is 3. The summed E-state index contributed by atoms with van der Waals surface area (Å²) in [6.07, 6.45) is -0.998. The zero-order chi connectivity index (χ0) is 19.2. The molecule has 10 nitrogen and oxygen atoms in total. The van der Waals surface area contributed by atoms with Crippen LogP contribution in [-0.2, 0) is 16.9 Å². The Bertz CT molecular complexity index is 979. The fourth-order valence-corrected chi connectivity index (χ4v) is 3.54. The second-order valence-electron chi connectivity index (χ2n) is 6.51. The number of aromatic hydroxyl groups is 1. The van der Waals surface area contributed by atoms with Gasteiger partial charge in [0.1, 0.15) is 35.9 Å². The number of aromatic nitrogens is 4. The van der Waals surface area contributed by atoms with Crippen LogP contribution >= 0.6 is 0 Å². The highest BCUT2D eigenvalue weighted by Crippen LogP contribution is 2.40. The maximum Gasteiger partial charge on any atom is 0.180 e. The van der Waals surface area contributed by atoms with Gasteiger partial charge in [0, 0.05) is 6.42 Å². The van der Waals surface area contributed by atoms with E-state index in [1.807, 2.05) is 0 Å². The Morgan fingerprint density at radius 1 is 1.22 bits per heavy atom. The molecule has 0 radical (unpaired) electrons. The number of anilines is 1. The molecule has 1 aromatic carbocycles. The second-order valence-corrected chi connectivity index (χ2v) is 6.51. The van der Waals surface area contributed by atoms with Crippen molar-refractivity contribution in [3.63, 3.8) is 0 Å². The minimum absolute atomic E-state index is 0.0523. The predicted octanol–water partition coefficient (Wildman–Crippen LogP) is -0.878. The Kier molecular flexibility index (Phi) is 4.19. The number of phenolic OH excluding ortho intramolecular Hbond substituents is 1. The number of nitrogen functional groups attached to an aromatic ring is 1. The fourth-order valence-electron chi connectivity index (χ4n) is 3.54. The summed E-state index contributed by atoms with van der Waals surface area (Å²) in [5.74, 6) is 0.217. The number of ether oxygens (including phenoxy) is 1. The van der Waals surface area contributed by atoms with Gasteiger partial charge < -0.3 is 30.9 Å². The number of phenols is 1. The van der Waals surface area contributed by atoms with Crippen LogP contribution in [0, 0.1) is 0 Å². The molecule has 3 heterocycles. The molecular formula is C17H19N5O5. The van der Waals surface area contributed by atoms with E-state index < -0.39 is 30.6 Å². The van der Waals surface area contributed by atoms with Crippen LogP contribution in [0.2, 0.25) is 0 Å². The van der Waals surface area contributed by atoms with Gasteiger partial charge in [-0.15, -0.1) is 0 Å². The van der Waals surface area contributed by atoms with Crippen LogP contribution < -0.4 is 5.73 Å². The molecule has 4 rings (SSSR count). The highest BCUT2D eigenvalue weighted by molar-refractivity contribution is 5.81. The molecule has 2 aromatic heterocycles. The Labute approximate surface area is 153 Å². The standard InChI is InChI=1S/C17H19N5O5/c18-15-12-16(20-7-19-15)22(8-21-12)17(5-9-2-1-3-10(24)4-9)14(26)13(25)11(6-23)27-17/h1-4,7-8,11,13-14,23-26H,5-6H2,(H2,18,19,20)/t11-,13-,14-,17-/m1/s1. The molecule has 0 bridgehead atoms. The van der Waals surface area contributed by atoms with Crippen molar-refractivity contribution in [2.24, 2.45) is 0 Å². The van der Waals surface area contributed by atoms with Gasteiger partial charge in [0.05, 0.1) is 12.9 Å². The van der Waals surface area contributed by atoms with Crippen molar-refractivity contribution in [3.8, 4) is 5.75 Å². The summed E-state index contributed by atoms with van der Waals surface area (Å²) in [5, 5.41) is 40.6. The number of fused-ring (bicyclic) bond motifs is 1. The number of hydrogen-bond acceptors (Lipinski definition) is 9. The second kappa shape index (κ2) is 6.43. The van der Waals surface area contributed by atoms with Gasteiger partial charge in [-0.05, 0) is 17.7 Å². The van der Waals surface area contributed by atoms with Crippen molar-refractivity contribution >= 4 is 17.0 Å². The summed E-state index contributed by atoms with van der Waals surface area (Å²) in [4.78, 5) is 12.3. The lowest BCUT2D eigenvalue weighted by molar-refractivity contribution is -0.145. The van der Waals surface area contributed by atoms with E-state index in [1.165, 1.54) is 29.4 Å². The minimum atomic E-state index is -1.52. The monoisotopic (exact) mass is 373 g/mol. The van der Waals surface area contributed by atoms with E-state index in [1.54, 1.807) is 12.1 Å². The van der Waals surface area contributed by atoms with Crippen LogP contribution in [0.25, 0.3) is 11.2 Å². The van der Waals surface area contributed by atoms with Crippen LogP contribution in [0.5, 0.6) is 5.75 Å². The lowest BCUT2D eigenvalue weighted by Gasteiger charge is -2.34. The summed E-state index contributed by atoms with van der Waals surface area (Å²) in [5.41, 5.74) is 5.61. The molecule has 4 atom stereocenters. The topological polar surface area (TPSA) is 160 Å². The Hall–Kier alpha value is -2.79. The van der Waals surface area contributed by atoms with Gasteiger partial charge in [0.2, 0.25) is 0 Å². The molecule has 0 amide bonds. The number of imidazole rings is 1. The summed E-state index contributed by atoms with van der Waals surface area (Å²) < 4.78 is 7.43. The van der Waals surface area contributed by atoms with E-state index in [4.69, 9.17) is 10.5 Å². The van der Waals surface area contributed by atoms with Crippen LogP contribution in [0.15, 0.2) is 36.9 Å². The average Bonchev–Trinajstić information content (AvgIpc) is 3.19. The first kappa shape index (κ1) is 17.6. The highest BCUT2D eigenvalue weighted by Gasteiger charge is 2.56. The van der Waals surface area contributed by atoms with Crippen LogP contribution in [0.4, 0.5) is 5.82 Å². The summed E-state index contributed by atoms with van der Waals surface area (Å²) in [7, 11) is 0. The van der Waals surface area contributed by atoms with Crippen LogP contribution in [0.1, 0.15) is 5.56 Å². The van der Waals surface area contributed by atoms with Crippen molar-refractivity contribution in [2.75, 3.05) is 12.3 Å². The van der Waals surface area contributed by atoms with Crippen LogP contribution in [-0.4, -0.2) is 64.9 Å². The maximum absolute atomic E-state index is 10.9. The van der Waals surface area contributed by atoms with Gasteiger partial charge in [-0.2, -0.15) is 0 Å². The Morgan fingerprint density at radius 3 is 2.74 bits per heavy atom. The van der Waals surface area contributed by atoms with E-state index in [0.717, 1.165) is 0 Å². The molecule has 0 unspecified atom stereocenters. The highest BCUT2D eigenvalue weighted by atomic mass is 16.6. The van der Waals surface area contributed by atoms with Gasteiger partial charge in [0.15, 0.2) is 17.2 Å². The SMILES string of the molecule is Nc1ncnc2c1ncn2[C@]1(Cc2cccc(O)c2)O[C@H](CO)[C@@H](O)[C@H]1O. The third-order valence-corrected chi connectivity index (χ3v) is 4.84. The number of rotatable bonds is 4. The molecular weight excluding hydrogens is 354 g/mol. The van der Waals surface area contributed by atoms with Gasteiger partial charge in [-0.25, -0.2) is 15.0 Å². The van der Waals surface area contributed by atoms with E-state index in [0.29, 0.717) is 16.7 Å². The quantitative estimate of drug-likeness (QED) is 0.391.